The number of amides is 1. The summed E-state index contributed by atoms with van der Waals surface area (Å²) >= 11 is 0. The molecule has 8 heteroatoms. The molecule has 124 valence electrons. The lowest BCUT2D eigenvalue weighted by Gasteiger charge is -2.16. The number of carbonyl (C=O) groups is 1. The number of sulfone groups is 1. The van der Waals surface area contributed by atoms with Crippen molar-refractivity contribution in [1.29, 1.82) is 0 Å². The fourth-order valence-corrected chi connectivity index (χ4v) is 3.52. The highest BCUT2D eigenvalue weighted by molar-refractivity contribution is 7.92. The maximum Gasteiger partial charge on any atom is 0.241 e. The van der Waals surface area contributed by atoms with Crippen molar-refractivity contribution >= 4 is 15.7 Å². The highest BCUT2D eigenvalue weighted by Crippen LogP contribution is 2.19. The van der Waals surface area contributed by atoms with Gasteiger partial charge in [-0.2, -0.15) is 4.98 Å². The number of nitrogens with one attached hydrogen (secondary N) is 1. The van der Waals surface area contributed by atoms with Gasteiger partial charge in [-0.05, 0) is 19.8 Å². The fraction of sp³-hybridized carbons (Fsp3) is 0.786. The summed E-state index contributed by atoms with van der Waals surface area (Å²) in [5.74, 6) is -0.303. The Bertz CT molecular complexity index is 618. The van der Waals surface area contributed by atoms with E-state index >= 15 is 0 Å². The second kappa shape index (κ2) is 6.76. The maximum atomic E-state index is 12.3. The van der Waals surface area contributed by atoms with Crippen LogP contribution in [0.1, 0.15) is 64.1 Å². The largest absolute Gasteiger partial charge is 0.352 e. The summed E-state index contributed by atoms with van der Waals surface area (Å²) in [5.41, 5.74) is 0. The molecule has 0 unspecified atom stereocenters. The Morgan fingerprint density at radius 2 is 1.95 bits per heavy atom. The molecule has 1 N–H and O–H groups in total. The topological polar surface area (TPSA) is 102 Å². The molecule has 0 aliphatic heterocycles. The first-order chi connectivity index (χ1) is 10.3. The van der Waals surface area contributed by atoms with Crippen LogP contribution >= 0.6 is 0 Å². The van der Waals surface area contributed by atoms with Crippen LogP contribution in [0.15, 0.2) is 4.52 Å². The lowest BCUT2D eigenvalue weighted by molar-refractivity contribution is -0.121. The third-order valence-corrected chi connectivity index (χ3v) is 5.88. The molecule has 7 nitrogen and oxygen atoms in total. The van der Waals surface area contributed by atoms with Crippen LogP contribution in [0.4, 0.5) is 0 Å². The first kappa shape index (κ1) is 16.9. The van der Waals surface area contributed by atoms with Crippen molar-refractivity contribution < 1.29 is 17.7 Å². The molecule has 0 bridgehead atoms. The molecule has 1 atom stereocenters. The van der Waals surface area contributed by atoms with Crippen molar-refractivity contribution in [3.63, 3.8) is 0 Å². The average Bonchev–Trinajstić information content (AvgIpc) is 3.08. The summed E-state index contributed by atoms with van der Waals surface area (Å²) in [6.07, 6.45) is 3.98. The molecular formula is C14H23N3O4S. The van der Waals surface area contributed by atoms with E-state index < -0.39 is 26.7 Å². The third kappa shape index (κ3) is 4.06. The molecule has 0 radical (unpaired) electrons. The lowest BCUT2D eigenvalue weighted by atomic mass is 10.2. The molecular weight excluding hydrogens is 306 g/mol. The van der Waals surface area contributed by atoms with E-state index in [0.717, 1.165) is 25.7 Å². The third-order valence-electron chi connectivity index (χ3n) is 3.93. The Kier molecular flexibility index (Phi) is 5.20. The molecule has 1 aromatic heterocycles. The zero-order valence-corrected chi connectivity index (χ0v) is 14.0. The smallest absolute Gasteiger partial charge is 0.241 e. The normalized spacial score (nSPS) is 17.8. The zero-order valence-electron chi connectivity index (χ0n) is 13.2. The van der Waals surface area contributed by atoms with Gasteiger partial charge in [0.15, 0.2) is 15.7 Å². The van der Waals surface area contributed by atoms with Crippen LogP contribution in [0.5, 0.6) is 0 Å². The van der Waals surface area contributed by atoms with E-state index in [1.165, 1.54) is 6.92 Å². The standard InChI is InChI=1S/C14H23N3O4S/c1-9(2)13-16-12(21-17-13)8-22(19,20)10(3)14(18)15-11-6-4-5-7-11/h9-11H,4-8H2,1-3H3,(H,15,18)/t10-/m1/s1. The molecule has 1 amide bonds. The van der Waals surface area contributed by atoms with Crippen molar-refractivity contribution in [2.75, 3.05) is 0 Å². The van der Waals surface area contributed by atoms with Crippen molar-refractivity contribution in [3.8, 4) is 0 Å². The molecule has 0 spiro atoms. The SMILES string of the molecule is CC(C)c1noc(CS(=O)(=O)[C@H](C)C(=O)NC2CCCC2)n1. The highest BCUT2D eigenvalue weighted by atomic mass is 32.2. The molecule has 0 saturated heterocycles. The Morgan fingerprint density at radius 3 is 2.50 bits per heavy atom. The molecule has 1 aliphatic carbocycles. The summed E-state index contributed by atoms with van der Waals surface area (Å²) in [5, 5.41) is 5.42. The van der Waals surface area contributed by atoms with Gasteiger partial charge >= 0.3 is 0 Å². The summed E-state index contributed by atoms with van der Waals surface area (Å²) in [7, 11) is -3.67. The fourth-order valence-electron chi connectivity index (χ4n) is 2.41. The van der Waals surface area contributed by atoms with Gasteiger partial charge in [0.1, 0.15) is 11.0 Å². The van der Waals surface area contributed by atoms with Crippen molar-refractivity contribution in [3.05, 3.63) is 11.7 Å². The number of rotatable bonds is 6. The maximum absolute atomic E-state index is 12.3. The van der Waals surface area contributed by atoms with Crippen LogP contribution in [-0.2, 0) is 20.4 Å². The van der Waals surface area contributed by atoms with Gasteiger partial charge < -0.3 is 9.84 Å². The van der Waals surface area contributed by atoms with Crippen molar-refractivity contribution in [2.45, 2.75) is 69.4 Å². The van der Waals surface area contributed by atoms with Gasteiger partial charge in [-0.1, -0.05) is 31.8 Å². The van der Waals surface area contributed by atoms with E-state index in [-0.39, 0.29) is 17.9 Å². The zero-order chi connectivity index (χ0) is 16.3. The minimum absolute atomic E-state index is 0.0317. The van der Waals surface area contributed by atoms with Gasteiger partial charge in [0, 0.05) is 12.0 Å². The van der Waals surface area contributed by atoms with Crippen LogP contribution in [0.2, 0.25) is 0 Å². The molecule has 1 aliphatic rings. The van der Waals surface area contributed by atoms with Gasteiger partial charge in [-0.15, -0.1) is 0 Å². The van der Waals surface area contributed by atoms with Crippen LogP contribution in [0.3, 0.4) is 0 Å². The predicted molar refractivity (Wildman–Crippen MR) is 80.9 cm³/mol. The summed E-state index contributed by atoms with van der Waals surface area (Å²) in [6, 6.07) is 0.0982. The van der Waals surface area contributed by atoms with Gasteiger partial charge in [0.2, 0.25) is 11.8 Å². The second-order valence-electron chi connectivity index (χ2n) is 6.14. The summed E-state index contributed by atoms with van der Waals surface area (Å²) < 4.78 is 29.6. The number of aromatic nitrogens is 2. The van der Waals surface area contributed by atoms with E-state index in [1.54, 1.807) is 0 Å². The van der Waals surface area contributed by atoms with Gasteiger partial charge in [-0.3, -0.25) is 4.79 Å². The number of hydrogen-bond acceptors (Lipinski definition) is 6. The van der Waals surface area contributed by atoms with E-state index in [1.807, 2.05) is 13.8 Å². The Balaban J connectivity index is 1.99. The highest BCUT2D eigenvalue weighted by Gasteiger charge is 2.32. The van der Waals surface area contributed by atoms with Crippen molar-refractivity contribution in [1.82, 2.24) is 15.5 Å². The first-order valence-electron chi connectivity index (χ1n) is 7.64. The summed E-state index contributed by atoms with van der Waals surface area (Å²) in [4.78, 5) is 16.1. The Labute approximate surface area is 130 Å². The van der Waals surface area contributed by atoms with E-state index in [0.29, 0.717) is 5.82 Å². The van der Waals surface area contributed by atoms with Crippen molar-refractivity contribution in [2.24, 2.45) is 0 Å². The minimum atomic E-state index is -3.67. The predicted octanol–water partition coefficient (Wildman–Crippen LogP) is 1.56. The van der Waals surface area contributed by atoms with Crippen LogP contribution < -0.4 is 5.32 Å². The molecule has 1 fully saturated rings. The second-order valence-corrected chi connectivity index (χ2v) is 8.46. The molecule has 1 aromatic rings. The Hall–Kier alpha value is -1.44. The molecule has 1 heterocycles. The average molecular weight is 329 g/mol. The number of hydrogen-bond donors (Lipinski definition) is 1. The molecule has 2 rings (SSSR count). The molecule has 1 saturated carbocycles. The lowest BCUT2D eigenvalue weighted by Crippen LogP contribution is -2.42. The first-order valence-corrected chi connectivity index (χ1v) is 9.35. The van der Waals surface area contributed by atoms with Crippen LogP contribution in [0, 0.1) is 0 Å². The van der Waals surface area contributed by atoms with E-state index in [9.17, 15) is 13.2 Å². The quantitative estimate of drug-likeness (QED) is 0.849. The van der Waals surface area contributed by atoms with Gasteiger partial charge in [0.05, 0.1) is 0 Å². The Morgan fingerprint density at radius 1 is 1.32 bits per heavy atom. The summed E-state index contributed by atoms with van der Waals surface area (Å²) in [6.45, 7) is 5.18. The van der Waals surface area contributed by atoms with E-state index in [2.05, 4.69) is 15.5 Å². The minimum Gasteiger partial charge on any atom is -0.352 e. The monoisotopic (exact) mass is 329 g/mol. The van der Waals surface area contributed by atoms with Crippen LogP contribution in [0.25, 0.3) is 0 Å². The molecule has 0 aromatic carbocycles. The molecule has 22 heavy (non-hydrogen) atoms. The number of carbonyl (C=O) groups excluding carboxylic acids is 1. The van der Waals surface area contributed by atoms with Gasteiger partial charge in [-0.25, -0.2) is 8.42 Å². The van der Waals surface area contributed by atoms with E-state index in [4.69, 9.17) is 4.52 Å². The van der Waals surface area contributed by atoms with Gasteiger partial charge in [0.25, 0.3) is 0 Å². The number of nitrogens with zero attached hydrogens (tertiary/aromatic N) is 2. The van der Waals surface area contributed by atoms with Crippen LogP contribution in [-0.4, -0.2) is 35.8 Å².